The first-order valence-corrected chi connectivity index (χ1v) is 17.1. The standard InChI is InChI=1S/C38H61NO5/c1-3-5-6-7-8-9-10-11-12-13-14-15-16-17-18-19-20-21-22-23-24-25-29-33-38(43)44-35(30-4-2)31-27-26-28-32-36(40)39-34-37(41)42/h5-6,8-9,11-12,14-15,17-18,20-21,35H,3-4,7,10,13,16,19,22-34H2,1-2H3,(H,39,40)(H,41,42)/b6-5-,9-8-,12-11-,15-14-,18-17-,21-20-. The normalized spacial score (nSPS) is 13.0. The number of rotatable bonds is 29. The zero-order valence-corrected chi connectivity index (χ0v) is 27.7. The second-order valence-corrected chi connectivity index (χ2v) is 11.0. The minimum atomic E-state index is -1.04. The Kier molecular flexibility index (Phi) is 30.4. The molecular weight excluding hydrogens is 550 g/mol. The third-order valence-corrected chi connectivity index (χ3v) is 6.87. The molecule has 6 heteroatoms. The van der Waals surface area contributed by atoms with Gasteiger partial charge in [0.1, 0.15) is 12.6 Å². The van der Waals surface area contributed by atoms with Gasteiger partial charge in [0.2, 0.25) is 5.91 Å². The summed E-state index contributed by atoms with van der Waals surface area (Å²) in [7, 11) is 0. The zero-order chi connectivity index (χ0) is 32.4. The number of carbonyl (C=O) groups is 3. The molecule has 0 aromatic heterocycles. The first-order chi connectivity index (χ1) is 21.5. The Hall–Kier alpha value is -3.15. The molecule has 0 bridgehead atoms. The molecule has 0 fully saturated rings. The van der Waals surface area contributed by atoms with Gasteiger partial charge < -0.3 is 15.2 Å². The first-order valence-electron chi connectivity index (χ1n) is 17.1. The molecule has 0 aliphatic rings. The van der Waals surface area contributed by atoms with Gasteiger partial charge in [-0.15, -0.1) is 0 Å². The number of carboxylic acids is 1. The topological polar surface area (TPSA) is 92.7 Å². The molecule has 0 rings (SSSR count). The fraction of sp³-hybridized carbons (Fsp3) is 0.605. The van der Waals surface area contributed by atoms with Crippen LogP contribution in [0.5, 0.6) is 0 Å². The lowest BCUT2D eigenvalue weighted by Gasteiger charge is -2.17. The van der Waals surface area contributed by atoms with Crippen LogP contribution in [0.1, 0.15) is 136 Å². The number of ether oxygens (including phenoxy) is 1. The van der Waals surface area contributed by atoms with Crippen LogP contribution >= 0.6 is 0 Å². The average molecular weight is 612 g/mol. The van der Waals surface area contributed by atoms with Crippen LogP contribution in [0.4, 0.5) is 0 Å². The van der Waals surface area contributed by atoms with Crippen LogP contribution in [0, 0.1) is 0 Å². The van der Waals surface area contributed by atoms with Gasteiger partial charge in [0.25, 0.3) is 0 Å². The maximum Gasteiger partial charge on any atom is 0.322 e. The molecule has 1 unspecified atom stereocenters. The summed E-state index contributed by atoms with van der Waals surface area (Å²) < 4.78 is 5.72. The highest BCUT2D eigenvalue weighted by molar-refractivity contribution is 5.80. The monoisotopic (exact) mass is 611 g/mol. The van der Waals surface area contributed by atoms with Gasteiger partial charge in [-0.1, -0.05) is 112 Å². The van der Waals surface area contributed by atoms with E-state index in [1.807, 2.05) is 0 Å². The van der Waals surface area contributed by atoms with Crippen LogP contribution < -0.4 is 5.32 Å². The molecule has 0 heterocycles. The molecule has 6 nitrogen and oxygen atoms in total. The number of carboxylic acid groups (broad SMARTS) is 1. The largest absolute Gasteiger partial charge is 0.480 e. The van der Waals surface area contributed by atoms with E-state index < -0.39 is 5.97 Å². The number of amides is 1. The fourth-order valence-electron chi connectivity index (χ4n) is 4.45. The molecule has 1 amide bonds. The molecule has 248 valence electrons. The molecule has 0 saturated carbocycles. The van der Waals surface area contributed by atoms with Crippen molar-refractivity contribution in [3.05, 3.63) is 72.9 Å². The van der Waals surface area contributed by atoms with E-state index in [0.717, 1.165) is 103 Å². The van der Waals surface area contributed by atoms with Crippen molar-refractivity contribution in [3.8, 4) is 0 Å². The van der Waals surface area contributed by atoms with E-state index in [-0.39, 0.29) is 24.5 Å². The summed E-state index contributed by atoms with van der Waals surface area (Å²) in [5.41, 5.74) is 0. The lowest BCUT2D eigenvalue weighted by atomic mass is 10.1. The molecule has 0 saturated heterocycles. The average Bonchev–Trinajstić information content (AvgIpc) is 3.00. The molecule has 44 heavy (non-hydrogen) atoms. The molecule has 0 aliphatic heterocycles. The van der Waals surface area contributed by atoms with E-state index in [0.29, 0.717) is 19.3 Å². The van der Waals surface area contributed by atoms with Gasteiger partial charge in [-0.2, -0.15) is 0 Å². The number of hydrogen-bond donors (Lipinski definition) is 2. The van der Waals surface area contributed by atoms with Crippen LogP contribution in [0.3, 0.4) is 0 Å². The Bertz CT molecular complexity index is 897. The van der Waals surface area contributed by atoms with Crippen molar-refractivity contribution in [2.24, 2.45) is 0 Å². The highest BCUT2D eigenvalue weighted by Crippen LogP contribution is 2.15. The lowest BCUT2D eigenvalue weighted by Crippen LogP contribution is -2.28. The van der Waals surface area contributed by atoms with Gasteiger partial charge >= 0.3 is 11.9 Å². The third-order valence-electron chi connectivity index (χ3n) is 6.87. The highest BCUT2D eigenvalue weighted by Gasteiger charge is 2.13. The number of hydrogen-bond acceptors (Lipinski definition) is 4. The van der Waals surface area contributed by atoms with Crippen molar-refractivity contribution in [3.63, 3.8) is 0 Å². The molecule has 0 radical (unpaired) electrons. The Morgan fingerprint density at radius 1 is 0.614 bits per heavy atom. The van der Waals surface area contributed by atoms with E-state index in [4.69, 9.17) is 9.84 Å². The van der Waals surface area contributed by atoms with Crippen molar-refractivity contribution in [1.29, 1.82) is 0 Å². The molecule has 0 spiro atoms. The summed E-state index contributed by atoms with van der Waals surface area (Å²) in [6.45, 7) is 3.91. The SMILES string of the molecule is CC/C=C\C/C=C\C/C=C\C/C=C\C/C=C\C/C=C\CCCCCCC(=O)OC(CCC)CCCCCC(=O)NCC(=O)O. The van der Waals surface area contributed by atoms with E-state index in [9.17, 15) is 14.4 Å². The van der Waals surface area contributed by atoms with Gasteiger partial charge in [0.15, 0.2) is 0 Å². The third kappa shape index (κ3) is 31.8. The van der Waals surface area contributed by atoms with Gasteiger partial charge in [0, 0.05) is 12.8 Å². The van der Waals surface area contributed by atoms with E-state index in [1.165, 1.54) is 0 Å². The van der Waals surface area contributed by atoms with Gasteiger partial charge in [-0.3, -0.25) is 14.4 Å². The predicted molar refractivity (Wildman–Crippen MR) is 184 cm³/mol. The van der Waals surface area contributed by atoms with Crippen LogP contribution in [-0.4, -0.2) is 35.6 Å². The Labute approximate surface area is 268 Å². The molecular formula is C38H61NO5. The number of esters is 1. The van der Waals surface area contributed by atoms with Crippen LogP contribution in [0.25, 0.3) is 0 Å². The lowest BCUT2D eigenvalue weighted by molar-refractivity contribution is -0.150. The van der Waals surface area contributed by atoms with Gasteiger partial charge in [-0.25, -0.2) is 0 Å². The highest BCUT2D eigenvalue weighted by atomic mass is 16.5. The number of unbranched alkanes of at least 4 members (excludes halogenated alkanes) is 6. The quantitative estimate of drug-likeness (QED) is 0.0499. The van der Waals surface area contributed by atoms with Crippen molar-refractivity contribution in [1.82, 2.24) is 5.32 Å². The van der Waals surface area contributed by atoms with E-state index in [2.05, 4.69) is 92.1 Å². The number of allylic oxidation sites excluding steroid dienone is 12. The van der Waals surface area contributed by atoms with Crippen LogP contribution in [0.15, 0.2) is 72.9 Å². The number of carbonyl (C=O) groups excluding carboxylic acids is 2. The van der Waals surface area contributed by atoms with Crippen molar-refractivity contribution in [2.45, 2.75) is 142 Å². The Morgan fingerprint density at radius 2 is 1.11 bits per heavy atom. The summed E-state index contributed by atoms with van der Waals surface area (Å²) in [4.78, 5) is 34.3. The van der Waals surface area contributed by atoms with Crippen LogP contribution in [0.2, 0.25) is 0 Å². The second-order valence-electron chi connectivity index (χ2n) is 11.0. The van der Waals surface area contributed by atoms with Gasteiger partial charge in [0.05, 0.1) is 0 Å². The summed E-state index contributed by atoms with van der Waals surface area (Å²) in [5, 5.41) is 11.0. The second kappa shape index (κ2) is 32.8. The fourth-order valence-corrected chi connectivity index (χ4v) is 4.45. The van der Waals surface area contributed by atoms with Crippen molar-refractivity contribution >= 4 is 17.8 Å². The molecule has 0 aromatic carbocycles. The first kappa shape index (κ1) is 40.9. The number of nitrogens with one attached hydrogen (secondary N) is 1. The molecule has 2 N–H and O–H groups in total. The maximum atomic E-state index is 12.3. The zero-order valence-electron chi connectivity index (χ0n) is 27.7. The maximum absolute atomic E-state index is 12.3. The summed E-state index contributed by atoms with van der Waals surface area (Å²) in [5.74, 6) is -1.38. The Morgan fingerprint density at radius 3 is 1.66 bits per heavy atom. The Balaban J connectivity index is 3.74. The molecule has 0 aromatic rings. The van der Waals surface area contributed by atoms with Crippen molar-refractivity contribution in [2.75, 3.05) is 6.54 Å². The summed E-state index contributed by atoms with van der Waals surface area (Å²) >= 11 is 0. The number of aliphatic carboxylic acids is 1. The minimum absolute atomic E-state index is 0.0542. The molecule has 0 aliphatic carbocycles. The predicted octanol–water partition coefficient (Wildman–Crippen LogP) is 9.89. The van der Waals surface area contributed by atoms with Gasteiger partial charge in [-0.05, 0) is 83.5 Å². The van der Waals surface area contributed by atoms with Crippen molar-refractivity contribution < 1.29 is 24.2 Å². The summed E-state index contributed by atoms with van der Waals surface area (Å²) in [6, 6.07) is 0. The minimum Gasteiger partial charge on any atom is -0.480 e. The molecule has 1 atom stereocenters. The summed E-state index contributed by atoms with van der Waals surface area (Å²) in [6.07, 6.45) is 43.8. The van der Waals surface area contributed by atoms with E-state index in [1.54, 1.807) is 0 Å². The van der Waals surface area contributed by atoms with Crippen LogP contribution in [-0.2, 0) is 19.1 Å². The smallest absolute Gasteiger partial charge is 0.322 e. The van der Waals surface area contributed by atoms with E-state index >= 15 is 0 Å².